The van der Waals surface area contributed by atoms with Crippen LogP contribution in [0, 0.1) is 3.57 Å². The number of benzene rings is 2. The number of carbonyl (C=O) groups is 1. The molecule has 0 spiro atoms. The first-order chi connectivity index (χ1) is 9.56. The average Bonchev–Trinajstić information content (AvgIpc) is 2.40. The lowest BCUT2D eigenvalue weighted by Crippen LogP contribution is -2.05. The second-order valence-corrected chi connectivity index (χ2v) is 5.71. The highest BCUT2D eigenvalue weighted by molar-refractivity contribution is 14.1. The van der Waals surface area contributed by atoms with Crippen LogP contribution in [0.1, 0.15) is 18.1 Å². The van der Waals surface area contributed by atoms with Crippen molar-refractivity contribution in [2.45, 2.75) is 6.92 Å². The SMILES string of the molecule is Bc1ccccc1/C=C/c1cc(I)ccc1OC(C)=O. The van der Waals surface area contributed by atoms with Gasteiger partial charge in [0.15, 0.2) is 0 Å². The summed E-state index contributed by atoms with van der Waals surface area (Å²) in [6.45, 7) is 1.41. The van der Waals surface area contributed by atoms with E-state index in [-0.39, 0.29) is 5.97 Å². The van der Waals surface area contributed by atoms with Gasteiger partial charge in [0.2, 0.25) is 0 Å². The number of rotatable bonds is 3. The van der Waals surface area contributed by atoms with E-state index in [1.807, 2.05) is 42.5 Å². The third-order valence-corrected chi connectivity index (χ3v) is 3.53. The van der Waals surface area contributed by atoms with Gasteiger partial charge in [-0.05, 0) is 46.4 Å². The molecule has 2 rings (SSSR count). The van der Waals surface area contributed by atoms with Crippen LogP contribution < -0.4 is 10.2 Å². The zero-order chi connectivity index (χ0) is 14.5. The van der Waals surface area contributed by atoms with Gasteiger partial charge in [-0.1, -0.05) is 41.9 Å². The molecule has 4 heteroatoms. The fourth-order valence-corrected chi connectivity index (χ4v) is 2.37. The van der Waals surface area contributed by atoms with E-state index in [1.165, 1.54) is 12.4 Å². The van der Waals surface area contributed by atoms with Crippen LogP contribution in [0.3, 0.4) is 0 Å². The monoisotopic (exact) mass is 376 g/mol. The molecule has 0 radical (unpaired) electrons. The number of halogens is 1. The standard InChI is InChI=1S/C16H14BIO2/c1-11(19)20-16-9-8-14(18)10-13(16)7-6-12-4-2-3-5-15(12)17/h2-10H,17H2,1H3/b7-6+. The van der Waals surface area contributed by atoms with E-state index in [4.69, 9.17) is 4.74 Å². The fourth-order valence-electron chi connectivity index (χ4n) is 1.85. The van der Waals surface area contributed by atoms with Crippen molar-refractivity contribution in [1.29, 1.82) is 0 Å². The lowest BCUT2D eigenvalue weighted by Gasteiger charge is -2.06. The lowest BCUT2D eigenvalue weighted by molar-refractivity contribution is -0.131. The van der Waals surface area contributed by atoms with Gasteiger partial charge in [0.05, 0.1) is 0 Å². The van der Waals surface area contributed by atoms with Crippen molar-refractivity contribution in [3.63, 3.8) is 0 Å². The number of hydrogen-bond acceptors (Lipinski definition) is 2. The van der Waals surface area contributed by atoms with Crippen LogP contribution in [-0.2, 0) is 4.79 Å². The van der Waals surface area contributed by atoms with Gasteiger partial charge in [0.25, 0.3) is 0 Å². The van der Waals surface area contributed by atoms with Gasteiger partial charge < -0.3 is 4.74 Å². The zero-order valence-electron chi connectivity index (χ0n) is 11.4. The third kappa shape index (κ3) is 3.97. The maximum atomic E-state index is 11.1. The molecule has 100 valence electrons. The summed E-state index contributed by atoms with van der Waals surface area (Å²) in [4.78, 5) is 11.1. The second-order valence-electron chi connectivity index (χ2n) is 4.47. The number of esters is 1. The van der Waals surface area contributed by atoms with E-state index >= 15 is 0 Å². The predicted molar refractivity (Wildman–Crippen MR) is 94.0 cm³/mol. The van der Waals surface area contributed by atoms with E-state index in [0.29, 0.717) is 5.75 Å². The molecule has 0 N–H and O–H groups in total. The van der Waals surface area contributed by atoms with E-state index in [1.54, 1.807) is 0 Å². The van der Waals surface area contributed by atoms with Crippen LogP contribution in [0.15, 0.2) is 42.5 Å². The summed E-state index contributed by atoms with van der Waals surface area (Å²) < 4.78 is 6.33. The summed E-state index contributed by atoms with van der Waals surface area (Å²) in [5.74, 6) is 0.277. The van der Waals surface area contributed by atoms with Crippen LogP contribution in [0.5, 0.6) is 5.75 Å². The Morgan fingerprint density at radius 2 is 1.85 bits per heavy atom. The van der Waals surface area contributed by atoms with Crippen LogP contribution in [-0.4, -0.2) is 13.8 Å². The van der Waals surface area contributed by atoms with Crippen LogP contribution in [0.4, 0.5) is 0 Å². The Balaban J connectivity index is 2.35. The summed E-state index contributed by atoms with van der Waals surface area (Å²) >= 11 is 2.24. The second kappa shape index (κ2) is 6.75. The maximum Gasteiger partial charge on any atom is 0.308 e. The van der Waals surface area contributed by atoms with Gasteiger partial charge in [-0.25, -0.2) is 0 Å². The molecule has 0 atom stereocenters. The highest BCUT2D eigenvalue weighted by atomic mass is 127. The van der Waals surface area contributed by atoms with Gasteiger partial charge >= 0.3 is 5.97 Å². The first-order valence-corrected chi connectivity index (χ1v) is 7.36. The maximum absolute atomic E-state index is 11.1. The van der Waals surface area contributed by atoms with Crippen molar-refractivity contribution < 1.29 is 9.53 Å². The number of hydrogen-bond donors (Lipinski definition) is 0. The molecule has 0 bridgehead atoms. The lowest BCUT2D eigenvalue weighted by atomic mass is 9.90. The number of ether oxygens (including phenoxy) is 1. The molecule has 0 amide bonds. The molecule has 0 unspecified atom stereocenters. The van der Waals surface area contributed by atoms with Crippen molar-refractivity contribution in [3.8, 4) is 5.75 Å². The van der Waals surface area contributed by atoms with Crippen molar-refractivity contribution in [3.05, 3.63) is 57.2 Å². The topological polar surface area (TPSA) is 26.3 Å². The zero-order valence-corrected chi connectivity index (χ0v) is 13.5. The molecule has 0 fully saturated rings. The van der Waals surface area contributed by atoms with Crippen molar-refractivity contribution in [2.75, 3.05) is 0 Å². The van der Waals surface area contributed by atoms with Gasteiger partial charge in [-0.2, -0.15) is 0 Å². The largest absolute Gasteiger partial charge is 0.426 e. The Morgan fingerprint density at radius 3 is 2.55 bits per heavy atom. The molecule has 0 heterocycles. The first kappa shape index (κ1) is 14.8. The van der Waals surface area contributed by atoms with E-state index in [9.17, 15) is 4.79 Å². The van der Waals surface area contributed by atoms with Gasteiger partial charge in [0, 0.05) is 16.1 Å². The summed E-state index contributed by atoms with van der Waals surface area (Å²) in [6, 6.07) is 13.9. The van der Waals surface area contributed by atoms with Gasteiger partial charge in [0.1, 0.15) is 13.6 Å². The molecule has 0 aromatic heterocycles. The van der Waals surface area contributed by atoms with E-state index < -0.39 is 0 Å². The van der Waals surface area contributed by atoms with E-state index in [0.717, 1.165) is 14.7 Å². The highest BCUT2D eigenvalue weighted by Crippen LogP contribution is 2.23. The molecule has 0 saturated carbocycles. The third-order valence-electron chi connectivity index (χ3n) is 2.86. The van der Waals surface area contributed by atoms with Crippen LogP contribution in [0.2, 0.25) is 0 Å². The molecule has 2 aromatic rings. The highest BCUT2D eigenvalue weighted by Gasteiger charge is 2.04. The smallest absolute Gasteiger partial charge is 0.308 e. The molecule has 0 saturated heterocycles. The Kier molecular flexibility index (Phi) is 5.01. The quantitative estimate of drug-likeness (QED) is 0.271. The minimum Gasteiger partial charge on any atom is -0.426 e. The Hall–Kier alpha value is -1.56. The predicted octanol–water partition coefficient (Wildman–Crippen LogP) is 2.65. The van der Waals surface area contributed by atoms with Crippen molar-refractivity contribution >= 4 is 54.0 Å². The fraction of sp³-hybridized carbons (Fsp3) is 0.0625. The molecular formula is C16H14BIO2. The van der Waals surface area contributed by atoms with E-state index in [2.05, 4.69) is 42.6 Å². The molecular weight excluding hydrogens is 362 g/mol. The normalized spacial score (nSPS) is 10.7. The Morgan fingerprint density at radius 1 is 1.15 bits per heavy atom. The molecule has 0 aliphatic heterocycles. The summed E-state index contributed by atoms with van der Waals surface area (Å²) in [5, 5.41) is 0. The van der Waals surface area contributed by atoms with Gasteiger partial charge in [-0.15, -0.1) is 0 Å². The molecule has 20 heavy (non-hydrogen) atoms. The molecule has 0 aliphatic rings. The molecule has 2 aromatic carbocycles. The van der Waals surface area contributed by atoms with Crippen LogP contribution >= 0.6 is 22.6 Å². The minimum absolute atomic E-state index is 0.309. The first-order valence-electron chi connectivity index (χ1n) is 6.28. The minimum atomic E-state index is -0.309. The number of carbonyl (C=O) groups excluding carboxylic acids is 1. The molecule has 0 aliphatic carbocycles. The summed E-state index contributed by atoms with van der Waals surface area (Å²) in [7, 11) is 2.07. The Labute approximate surface area is 133 Å². The summed E-state index contributed by atoms with van der Waals surface area (Å²) in [5.41, 5.74) is 3.26. The Bertz CT molecular complexity index is 665. The van der Waals surface area contributed by atoms with Crippen molar-refractivity contribution in [1.82, 2.24) is 0 Å². The van der Waals surface area contributed by atoms with Crippen LogP contribution in [0.25, 0.3) is 12.2 Å². The molecule has 2 nitrogen and oxygen atoms in total. The average molecular weight is 376 g/mol. The summed E-state index contributed by atoms with van der Waals surface area (Å²) in [6.07, 6.45) is 4.01. The van der Waals surface area contributed by atoms with Gasteiger partial charge in [-0.3, -0.25) is 4.79 Å². The van der Waals surface area contributed by atoms with Crippen molar-refractivity contribution in [2.24, 2.45) is 0 Å².